The lowest BCUT2D eigenvalue weighted by Crippen LogP contribution is -2.40. The molecule has 1 aromatic rings. The SMILES string of the molecule is COCC(C)N1CCc2ccc(C(=O)O)cc2C1. The Morgan fingerprint density at radius 1 is 1.50 bits per heavy atom. The summed E-state index contributed by atoms with van der Waals surface area (Å²) in [7, 11) is 1.71. The van der Waals surface area contributed by atoms with E-state index in [-0.39, 0.29) is 0 Å². The van der Waals surface area contributed by atoms with E-state index in [1.807, 2.05) is 6.07 Å². The molecule has 0 bridgehead atoms. The number of carboxylic acids is 1. The minimum atomic E-state index is -0.861. The first-order chi connectivity index (χ1) is 8.61. The number of fused-ring (bicyclic) bond motifs is 1. The highest BCUT2D eigenvalue weighted by Crippen LogP contribution is 2.22. The van der Waals surface area contributed by atoms with Crippen LogP contribution in [0, 0.1) is 0 Å². The minimum absolute atomic E-state index is 0.358. The van der Waals surface area contributed by atoms with Crippen LogP contribution in [0.2, 0.25) is 0 Å². The third-order valence-electron chi connectivity index (χ3n) is 3.53. The van der Waals surface area contributed by atoms with Gasteiger partial charge in [0.25, 0.3) is 0 Å². The molecule has 1 aliphatic heterocycles. The van der Waals surface area contributed by atoms with Crippen molar-refractivity contribution in [1.29, 1.82) is 0 Å². The largest absolute Gasteiger partial charge is 0.478 e. The average molecular weight is 249 g/mol. The van der Waals surface area contributed by atoms with Gasteiger partial charge in [0.05, 0.1) is 12.2 Å². The van der Waals surface area contributed by atoms with Gasteiger partial charge in [-0.2, -0.15) is 0 Å². The number of nitrogens with zero attached hydrogens (tertiary/aromatic N) is 1. The van der Waals surface area contributed by atoms with E-state index in [2.05, 4.69) is 11.8 Å². The summed E-state index contributed by atoms with van der Waals surface area (Å²) in [5, 5.41) is 9.01. The maximum absolute atomic E-state index is 11.0. The second-order valence-electron chi connectivity index (χ2n) is 4.81. The first-order valence-corrected chi connectivity index (χ1v) is 6.20. The summed E-state index contributed by atoms with van der Waals surface area (Å²) in [4.78, 5) is 13.3. The number of rotatable bonds is 4. The van der Waals surface area contributed by atoms with Crippen molar-refractivity contribution in [1.82, 2.24) is 4.90 Å². The van der Waals surface area contributed by atoms with Gasteiger partial charge in [0.1, 0.15) is 0 Å². The zero-order chi connectivity index (χ0) is 13.1. The lowest BCUT2D eigenvalue weighted by atomic mass is 9.96. The molecule has 0 spiro atoms. The first-order valence-electron chi connectivity index (χ1n) is 6.20. The number of hydrogen-bond donors (Lipinski definition) is 1. The van der Waals surface area contributed by atoms with Gasteiger partial charge in [0.15, 0.2) is 0 Å². The molecule has 0 radical (unpaired) electrons. The molecule has 1 unspecified atom stereocenters. The molecule has 4 heteroatoms. The van der Waals surface area contributed by atoms with Gasteiger partial charge in [-0.05, 0) is 36.6 Å². The second kappa shape index (κ2) is 5.50. The van der Waals surface area contributed by atoms with Gasteiger partial charge in [-0.3, -0.25) is 4.90 Å². The molecule has 0 aliphatic carbocycles. The Morgan fingerprint density at radius 3 is 2.94 bits per heavy atom. The van der Waals surface area contributed by atoms with E-state index in [1.54, 1.807) is 19.2 Å². The highest BCUT2D eigenvalue weighted by molar-refractivity contribution is 5.87. The van der Waals surface area contributed by atoms with Gasteiger partial charge in [-0.25, -0.2) is 4.79 Å². The standard InChI is InChI=1S/C14H19NO3/c1-10(9-18-2)15-6-5-11-3-4-12(14(16)17)7-13(11)8-15/h3-4,7,10H,5-6,8-9H2,1-2H3,(H,16,17). The maximum atomic E-state index is 11.0. The van der Waals surface area contributed by atoms with Crippen LogP contribution in [0.25, 0.3) is 0 Å². The molecular formula is C14H19NO3. The summed E-state index contributed by atoms with van der Waals surface area (Å²) in [5.74, 6) is -0.861. The normalized spacial score (nSPS) is 17.2. The van der Waals surface area contributed by atoms with Crippen molar-refractivity contribution in [2.24, 2.45) is 0 Å². The van der Waals surface area contributed by atoms with Gasteiger partial charge < -0.3 is 9.84 Å². The molecule has 0 amide bonds. The van der Waals surface area contributed by atoms with Crippen LogP contribution in [0.4, 0.5) is 0 Å². The molecule has 98 valence electrons. The van der Waals surface area contributed by atoms with Crippen LogP contribution >= 0.6 is 0 Å². The molecular weight excluding hydrogens is 230 g/mol. The lowest BCUT2D eigenvalue weighted by molar-refractivity contribution is 0.0696. The van der Waals surface area contributed by atoms with Crippen LogP contribution in [0.15, 0.2) is 18.2 Å². The van der Waals surface area contributed by atoms with Gasteiger partial charge in [-0.15, -0.1) is 0 Å². The van der Waals surface area contributed by atoms with Crippen LogP contribution in [-0.2, 0) is 17.7 Å². The Balaban J connectivity index is 2.16. The molecule has 0 saturated carbocycles. The Kier molecular flexibility index (Phi) is 3.99. The molecule has 18 heavy (non-hydrogen) atoms. The van der Waals surface area contributed by atoms with E-state index in [4.69, 9.17) is 9.84 Å². The van der Waals surface area contributed by atoms with Crippen molar-refractivity contribution in [3.05, 3.63) is 34.9 Å². The number of carbonyl (C=O) groups is 1. The van der Waals surface area contributed by atoms with Crippen LogP contribution < -0.4 is 0 Å². The van der Waals surface area contributed by atoms with E-state index in [0.29, 0.717) is 18.2 Å². The van der Waals surface area contributed by atoms with Crippen molar-refractivity contribution in [2.45, 2.75) is 25.9 Å². The molecule has 0 saturated heterocycles. The number of benzene rings is 1. The lowest BCUT2D eigenvalue weighted by Gasteiger charge is -2.33. The highest BCUT2D eigenvalue weighted by atomic mass is 16.5. The number of carboxylic acid groups (broad SMARTS) is 1. The molecule has 4 nitrogen and oxygen atoms in total. The summed E-state index contributed by atoms with van der Waals surface area (Å²) in [5.41, 5.74) is 2.76. The predicted molar refractivity (Wildman–Crippen MR) is 68.9 cm³/mol. The predicted octanol–water partition coefficient (Wildman–Crippen LogP) is 1.78. The molecule has 1 heterocycles. The van der Waals surface area contributed by atoms with Crippen molar-refractivity contribution in [3.8, 4) is 0 Å². The monoisotopic (exact) mass is 249 g/mol. The van der Waals surface area contributed by atoms with Crippen LogP contribution in [0.5, 0.6) is 0 Å². The summed E-state index contributed by atoms with van der Waals surface area (Å²) < 4.78 is 5.17. The fourth-order valence-electron chi connectivity index (χ4n) is 2.43. The first kappa shape index (κ1) is 13.1. The second-order valence-corrected chi connectivity index (χ2v) is 4.81. The Hall–Kier alpha value is -1.39. The van der Waals surface area contributed by atoms with Crippen LogP contribution in [0.3, 0.4) is 0 Å². The van der Waals surface area contributed by atoms with Crippen molar-refractivity contribution in [3.63, 3.8) is 0 Å². The summed E-state index contributed by atoms with van der Waals surface area (Å²) in [6.45, 7) is 4.65. The zero-order valence-electron chi connectivity index (χ0n) is 10.8. The van der Waals surface area contributed by atoms with Crippen molar-refractivity contribution in [2.75, 3.05) is 20.3 Å². The summed E-state index contributed by atoms with van der Waals surface area (Å²) in [6, 6.07) is 5.78. The van der Waals surface area contributed by atoms with Crippen LogP contribution in [-0.4, -0.2) is 42.3 Å². The number of methoxy groups -OCH3 is 1. The smallest absolute Gasteiger partial charge is 0.335 e. The molecule has 0 aromatic heterocycles. The fraction of sp³-hybridized carbons (Fsp3) is 0.500. The minimum Gasteiger partial charge on any atom is -0.478 e. The third-order valence-corrected chi connectivity index (χ3v) is 3.53. The molecule has 1 aromatic carbocycles. The van der Waals surface area contributed by atoms with E-state index in [9.17, 15) is 4.79 Å². The third kappa shape index (κ3) is 2.71. The number of aromatic carboxylic acids is 1. The Labute approximate surface area is 107 Å². The molecule has 1 atom stereocenters. The van der Waals surface area contributed by atoms with Gasteiger partial charge in [-0.1, -0.05) is 6.07 Å². The maximum Gasteiger partial charge on any atom is 0.335 e. The van der Waals surface area contributed by atoms with Gasteiger partial charge in [0, 0.05) is 26.2 Å². The molecule has 1 aliphatic rings. The fourth-order valence-corrected chi connectivity index (χ4v) is 2.43. The van der Waals surface area contributed by atoms with Gasteiger partial charge >= 0.3 is 5.97 Å². The van der Waals surface area contributed by atoms with Crippen molar-refractivity contribution >= 4 is 5.97 Å². The zero-order valence-corrected chi connectivity index (χ0v) is 10.8. The van der Waals surface area contributed by atoms with Gasteiger partial charge in [0.2, 0.25) is 0 Å². The van der Waals surface area contributed by atoms with Crippen molar-refractivity contribution < 1.29 is 14.6 Å². The van der Waals surface area contributed by atoms with E-state index >= 15 is 0 Å². The summed E-state index contributed by atoms with van der Waals surface area (Å²) in [6.07, 6.45) is 0.975. The quantitative estimate of drug-likeness (QED) is 0.883. The molecule has 0 fully saturated rings. The highest BCUT2D eigenvalue weighted by Gasteiger charge is 2.21. The average Bonchev–Trinajstić information content (AvgIpc) is 2.37. The van der Waals surface area contributed by atoms with Crippen LogP contribution in [0.1, 0.15) is 28.4 Å². The molecule has 1 N–H and O–H groups in total. The number of ether oxygens (including phenoxy) is 1. The number of hydrogen-bond acceptors (Lipinski definition) is 3. The van der Waals surface area contributed by atoms with E-state index < -0.39 is 5.97 Å². The van der Waals surface area contributed by atoms with E-state index in [0.717, 1.165) is 25.1 Å². The topological polar surface area (TPSA) is 49.8 Å². The Bertz CT molecular complexity index is 445. The Morgan fingerprint density at radius 2 is 2.28 bits per heavy atom. The summed E-state index contributed by atoms with van der Waals surface area (Å²) >= 11 is 0. The molecule has 2 rings (SSSR count). The van der Waals surface area contributed by atoms with E-state index in [1.165, 1.54) is 5.56 Å².